The lowest BCUT2D eigenvalue weighted by molar-refractivity contribution is 0.407. The maximum absolute atomic E-state index is 5.91. The van der Waals surface area contributed by atoms with Crippen molar-refractivity contribution < 1.29 is 4.74 Å². The average Bonchev–Trinajstić information content (AvgIpc) is 2.74. The first-order valence-corrected chi connectivity index (χ1v) is 6.01. The Morgan fingerprint density at radius 2 is 2.22 bits per heavy atom. The molecule has 0 saturated carbocycles. The number of rotatable bonds is 4. The molecule has 1 aromatic heterocycles. The summed E-state index contributed by atoms with van der Waals surface area (Å²) in [5.74, 6) is 0.868. The van der Waals surface area contributed by atoms with Gasteiger partial charge in [0.2, 0.25) is 0 Å². The van der Waals surface area contributed by atoms with Gasteiger partial charge in [-0.1, -0.05) is 6.07 Å². The van der Waals surface area contributed by atoms with Crippen LogP contribution in [-0.2, 0) is 6.54 Å². The number of hydrogen-bond donors (Lipinski definition) is 1. The lowest BCUT2D eigenvalue weighted by Crippen LogP contribution is -2.08. The number of aryl methyl sites for hydroxylation is 1. The van der Waals surface area contributed by atoms with Gasteiger partial charge in [0.25, 0.3) is 0 Å². The van der Waals surface area contributed by atoms with Gasteiger partial charge in [-0.25, -0.2) is 0 Å². The Balaban J connectivity index is 2.32. The Morgan fingerprint density at radius 1 is 1.44 bits per heavy atom. The Bertz CT molecular complexity index is 532. The van der Waals surface area contributed by atoms with E-state index in [9.17, 15) is 0 Å². The first kappa shape index (κ1) is 12.6. The van der Waals surface area contributed by atoms with Crippen LogP contribution in [0.25, 0.3) is 0 Å². The number of nitrogens with two attached hydrogens (primary N) is 1. The molecule has 0 aliphatic carbocycles. The van der Waals surface area contributed by atoms with Crippen molar-refractivity contribution in [3.8, 4) is 5.75 Å². The predicted octanol–water partition coefficient (Wildman–Crippen LogP) is 2.27. The number of aromatic nitrogens is 2. The highest BCUT2D eigenvalue weighted by molar-refractivity contribution is 5.38. The fourth-order valence-corrected chi connectivity index (χ4v) is 1.93. The van der Waals surface area contributed by atoms with E-state index >= 15 is 0 Å². The first-order valence-electron chi connectivity index (χ1n) is 6.01. The number of benzene rings is 1. The number of hydrogen-bond acceptors (Lipinski definition) is 3. The molecule has 4 nitrogen and oxygen atoms in total. The molecule has 18 heavy (non-hydrogen) atoms. The van der Waals surface area contributed by atoms with E-state index in [-0.39, 0.29) is 6.04 Å². The SMILES string of the molecule is COc1ccc(C(C)N)cc1Cn1cc(C)cn1. The van der Waals surface area contributed by atoms with E-state index in [0.717, 1.165) is 22.4 Å². The lowest BCUT2D eigenvalue weighted by Gasteiger charge is -2.12. The summed E-state index contributed by atoms with van der Waals surface area (Å²) < 4.78 is 7.28. The molecule has 2 rings (SSSR count). The summed E-state index contributed by atoms with van der Waals surface area (Å²) in [6.45, 7) is 4.69. The van der Waals surface area contributed by atoms with Gasteiger partial charge in [0.15, 0.2) is 0 Å². The molecule has 1 heterocycles. The molecule has 2 aromatic rings. The molecule has 0 amide bonds. The molecule has 0 aliphatic rings. The van der Waals surface area contributed by atoms with Crippen molar-refractivity contribution >= 4 is 0 Å². The molecule has 1 atom stereocenters. The van der Waals surface area contributed by atoms with Crippen LogP contribution in [0.2, 0.25) is 0 Å². The summed E-state index contributed by atoms with van der Waals surface area (Å²) in [6, 6.07) is 6.07. The summed E-state index contributed by atoms with van der Waals surface area (Å²) in [7, 11) is 1.68. The smallest absolute Gasteiger partial charge is 0.123 e. The van der Waals surface area contributed by atoms with Crippen molar-refractivity contribution in [1.82, 2.24) is 9.78 Å². The third-order valence-corrected chi connectivity index (χ3v) is 2.92. The fraction of sp³-hybridized carbons (Fsp3) is 0.357. The predicted molar refractivity (Wildman–Crippen MR) is 71.7 cm³/mol. The van der Waals surface area contributed by atoms with E-state index < -0.39 is 0 Å². The van der Waals surface area contributed by atoms with Crippen LogP contribution in [0.4, 0.5) is 0 Å². The summed E-state index contributed by atoms with van der Waals surface area (Å²) in [6.07, 6.45) is 3.86. The van der Waals surface area contributed by atoms with E-state index in [0.29, 0.717) is 6.54 Å². The van der Waals surface area contributed by atoms with Crippen molar-refractivity contribution in [2.75, 3.05) is 7.11 Å². The zero-order valence-electron chi connectivity index (χ0n) is 11.1. The molecule has 0 spiro atoms. The van der Waals surface area contributed by atoms with E-state index in [1.165, 1.54) is 0 Å². The van der Waals surface area contributed by atoms with Gasteiger partial charge in [0.05, 0.1) is 19.9 Å². The number of ether oxygens (including phenoxy) is 1. The Kier molecular flexibility index (Phi) is 3.67. The summed E-state index contributed by atoms with van der Waals surface area (Å²) >= 11 is 0. The maximum atomic E-state index is 5.91. The summed E-state index contributed by atoms with van der Waals surface area (Å²) in [4.78, 5) is 0. The van der Waals surface area contributed by atoms with Crippen molar-refractivity contribution in [3.63, 3.8) is 0 Å². The Labute approximate surface area is 107 Å². The van der Waals surface area contributed by atoms with Gasteiger partial charge in [-0.3, -0.25) is 4.68 Å². The molecule has 1 unspecified atom stereocenters. The zero-order chi connectivity index (χ0) is 13.1. The molecule has 1 aromatic carbocycles. The van der Waals surface area contributed by atoms with Gasteiger partial charge in [-0.05, 0) is 37.1 Å². The van der Waals surface area contributed by atoms with Crippen molar-refractivity contribution in [2.24, 2.45) is 5.73 Å². The standard InChI is InChI=1S/C14H19N3O/c1-10-7-16-17(8-10)9-13-6-12(11(2)15)4-5-14(13)18-3/h4-8,11H,9,15H2,1-3H3. The monoisotopic (exact) mass is 245 g/mol. The largest absolute Gasteiger partial charge is 0.496 e. The van der Waals surface area contributed by atoms with Crippen LogP contribution in [0.5, 0.6) is 5.75 Å². The second kappa shape index (κ2) is 5.23. The van der Waals surface area contributed by atoms with Gasteiger partial charge < -0.3 is 10.5 Å². The minimum absolute atomic E-state index is 0.0222. The van der Waals surface area contributed by atoms with Gasteiger partial charge in [-0.15, -0.1) is 0 Å². The zero-order valence-corrected chi connectivity index (χ0v) is 11.1. The minimum atomic E-state index is 0.0222. The average molecular weight is 245 g/mol. The number of methoxy groups -OCH3 is 1. The Hall–Kier alpha value is -1.81. The van der Waals surface area contributed by atoms with Crippen LogP contribution in [0.15, 0.2) is 30.6 Å². The quantitative estimate of drug-likeness (QED) is 0.899. The van der Waals surface area contributed by atoms with Crippen LogP contribution >= 0.6 is 0 Å². The van der Waals surface area contributed by atoms with Gasteiger partial charge in [0.1, 0.15) is 5.75 Å². The third-order valence-electron chi connectivity index (χ3n) is 2.92. The first-order chi connectivity index (χ1) is 8.60. The maximum Gasteiger partial charge on any atom is 0.123 e. The normalized spacial score (nSPS) is 12.4. The van der Waals surface area contributed by atoms with E-state index in [2.05, 4.69) is 11.2 Å². The minimum Gasteiger partial charge on any atom is -0.496 e. The van der Waals surface area contributed by atoms with Crippen molar-refractivity contribution in [3.05, 3.63) is 47.3 Å². The van der Waals surface area contributed by atoms with E-state index in [4.69, 9.17) is 10.5 Å². The number of nitrogens with zero attached hydrogens (tertiary/aromatic N) is 2. The van der Waals surface area contributed by atoms with Crippen LogP contribution in [-0.4, -0.2) is 16.9 Å². The second-order valence-corrected chi connectivity index (χ2v) is 4.58. The van der Waals surface area contributed by atoms with Crippen LogP contribution in [0, 0.1) is 6.92 Å². The van der Waals surface area contributed by atoms with Crippen molar-refractivity contribution in [1.29, 1.82) is 0 Å². The topological polar surface area (TPSA) is 53.1 Å². The molecule has 0 fully saturated rings. The highest BCUT2D eigenvalue weighted by Crippen LogP contribution is 2.23. The third kappa shape index (κ3) is 2.71. The molecule has 0 radical (unpaired) electrons. The van der Waals surface area contributed by atoms with Crippen LogP contribution in [0.3, 0.4) is 0 Å². The van der Waals surface area contributed by atoms with Crippen molar-refractivity contribution in [2.45, 2.75) is 26.4 Å². The highest BCUT2D eigenvalue weighted by atomic mass is 16.5. The Morgan fingerprint density at radius 3 is 2.78 bits per heavy atom. The molecule has 2 N–H and O–H groups in total. The lowest BCUT2D eigenvalue weighted by atomic mass is 10.0. The molecule has 96 valence electrons. The molecular weight excluding hydrogens is 226 g/mol. The van der Waals surface area contributed by atoms with E-state index in [1.807, 2.05) is 43.1 Å². The highest BCUT2D eigenvalue weighted by Gasteiger charge is 2.08. The van der Waals surface area contributed by atoms with Crippen LogP contribution < -0.4 is 10.5 Å². The molecule has 0 saturated heterocycles. The molecular formula is C14H19N3O. The molecule has 0 bridgehead atoms. The van der Waals surface area contributed by atoms with Gasteiger partial charge in [0, 0.05) is 17.8 Å². The summed E-state index contributed by atoms with van der Waals surface area (Å²) in [5.41, 5.74) is 9.26. The van der Waals surface area contributed by atoms with Gasteiger partial charge >= 0.3 is 0 Å². The van der Waals surface area contributed by atoms with Gasteiger partial charge in [-0.2, -0.15) is 5.10 Å². The molecule has 0 aliphatic heterocycles. The molecule has 4 heteroatoms. The van der Waals surface area contributed by atoms with Crippen LogP contribution in [0.1, 0.15) is 29.7 Å². The summed E-state index contributed by atoms with van der Waals surface area (Å²) in [5, 5.41) is 4.29. The second-order valence-electron chi connectivity index (χ2n) is 4.58. The fourth-order valence-electron chi connectivity index (χ4n) is 1.93. The van der Waals surface area contributed by atoms with E-state index in [1.54, 1.807) is 7.11 Å².